The molecule has 1 amide bonds. The SMILES string of the molecule is O=C(Nc1ccc2nc(N3CCOCC3)sc2c1)c1ccc(Sc2ccccn2)cc1. The molecule has 5 rings (SSSR count). The van der Waals surface area contributed by atoms with E-state index in [0.717, 1.165) is 57.3 Å². The lowest BCUT2D eigenvalue weighted by molar-refractivity contribution is 0.102. The molecule has 0 atom stereocenters. The third-order valence-electron chi connectivity index (χ3n) is 4.89. The molecule has 4 aromatic rings. The highest BCUT2D eigenvalue weighted by molar-refractivity contribution is 7.99. The third kappa shape index (κ3) is 4.71. The summed E-state index contributed by atoms with van der Waals surface area (Å²) in [6.45, 7) is 3.18. The highest BCUT2D eigenvalue weighted by atomic mass is 32.2. The van der Waals surface area contributed by atoms with Crippen LogP contribution in [0.2, 0.25) is 0 Å². The zero-order valence-electron chi connectivity index (χ0n) is 16.7. The van der Waals surface area contributed by atoms with Crippen LogP contribution in [0.4, 0.5) is 10.8 Å². The number of carbonyl (C=O) groups is 1. The van der Waals surface area contributed by atoms with Crippen molar-refractivity contribution < 1.29 is 9.53 Å². The topological polar surface area (TPSA) is 67.4 Å². The Morgan fingerprint density at radius 2 is 1.90 bits per heavy atom. The minimum atomic E-state index is -0.133. The van der Waals surface area contributed by atoms with E-state index in [9.17, 15) is 4.79 Å². The second-order valence-electron chi connectivity index (χ2n) is 7.03. The fourth-order valence-electron chi connectivity index (χ4n) is 3.29. The minimum absolute atomic E-state index is 0.133. The third-order valence-corrected chi connectivity index (χ3v) is 6.93. The van der Waals surface area contributed by atoms with Gasteiger partial charge < -0.3 is 15.0 Å². The van der Waals surface area contributed by atoms with Gasteiger partial charge in [-0.25, -0.2) is 9.97 Å². The first-order chi connectivity index (χ1) is 15.2. The number of carbonyl (C=O) groups excluding carboxylic acids is 1. The Balaban J connectivity index is 1.27. The fourth-order valence-corrected chi connectivity index (χ4v) is 5.12. The van der Waals surface area contributed by atoms with Crippen LogP contribution in [0, 0.1) is 0 Å². The number of rotatable bonds is 5. The fraction of sp³-hybridized carbons (Fsp3) is 0.174. The van der Waals surface area contributed by atoms with Gasteiger partial charge in [0.1, 0.15) is 5.03 Å². The Kier molecular flexibility index (Phi) is 5.84. The Morgan fingerprint density at radius 1 is 1.06 bits per heavy atom. The summed E-state index contributed by atoms with van der Waals surface area (Å²) in [6, 6.07) is 19.2. The molecule has 156 valence electrons. The average molecular weight is 449 g/mol. The molecule has 0 aliphatic carbocycles. The number of morpholine rings is 1. The van der Waals surface area contributed by atoms with Gasteiger partial charge in [-0.15, -0.1) is 0 Å². The number of nitrogens with zero attached hydrogens (tertiary/aromatic N) is 3. The monoisotopic (exact) mass is 448 g/mol. The van der Waals surface area contributed by atoms with Crippen LogP contribution in [0.25, 0.3) is 10.2 Å². The van der Waals surface area contributed by atoms with E-state index in [1.54, 1.807) is 29.3 Å². The second kappa shape index (κ2) is 9.05. The summed E-state index contributed by atoms with van der Waals surface area (Å²) in [5.74, 6) is -0.133. The molecule has 2 aromatic carbocycles. The summed E-state index contributed by atoms with van der Waals surface area (Å²) in [6.07, 6.45) is 1.77. The van der Waals surface area contributed by atoms with Gasteiger partial charge in [0.2, 0.25) is 0 Å². The first kappa shape index (κ1) is 20.0. The van der Waals surface area contributed by atoms with E-state index >= 15 is 0 Å². The van der Waals surface area contributed by atoms with Crippen LogP contribution in [0.5, 0.6) is 0 Å². The van der Waals surface area contributed by atoms with Gasteiger partial charge in [0, 0.05) is 35.4 Å². The molecule has 0 radical (unpaired) electrons. The van der Waals surface area contributed by atoms with E-state index in [4.69, 9.17) is 9.72 Å². The molecule has 6 nitrogen and oxygen atoms in total. The number of anilines is 2. The lowest BCUT2D eigenvalue weighted by Gasteiger charge is -2.25. The van der Waals surface area contributed by atoms with Gasteiger partial charge in [0.05, 0.1) is 23.4 Å². The molecule has 0 spiro atoms. The number of hydrogen-bond acceptors (Lipinski definition) is 7. The largest absolute Gasteiger partial charge is 0.378 e. The van der Waals surface area contributed by atoms with E-state index in [1.165, 1.54) is 0 Å². The number of ether oxygens (including phenoxy) is 1. The van der Waals surface area contributed by atoms with E-state index in [-0.39, 0.29) is 5.91 Å². The molecular weight excluding hydrogens is 428 g/mol. The molecule has 0 saturated carbocycles. The zero-order chi connectivity index (χ0) is 21.0. The summed E-state index contributed by atoms with van der Waals surface area (Å²) >= 11 is 3.21. The minimum Gasteiger partial charge on any atom is -0.378 e. The molecule has 8 heteroatoms. The molecular formula is C23H20N4O2S2. The molecule has 1 saturated heterocycles. The van der Waals surface area contributed by atoms with E-state index < -0.39 is 0 Å². The Morgan fingerprint density at radius 3 is 2.68 bits per heavy atom. The van der Waals surface area contributed by atoms with Crippen LogP contribution in [-0.2, 0) is 4.74 Å². The van der Waals surface area contributed by atoms with Gasteiger partial charge in [-0.2, -0.15) is 0 Å². The predicted octanol–water partition coefficient (Wildman–Crippen LogP) is 4.93. The number of pyridine rings is 1. The smallest absolute Gasteiger partial charge is 0.255 e. The van der Waals surface area contributed by atoms with Crippen molar-refractivity contribution in [2.24, 2.45) is 0 Å². The normalized spacial score (nSPS) is 14.0. The number of nitrogens with one attached hydrogen (secondary N) is 1. The number of aromatic nitrogens is 2. The Labute approximate surface area is 188 Å². The number of amides is 1. The van der Waals surface area contributed by atoms with Gasteiger partial charge >= 0.3 is 0 Å². The molecule has 1 N–H and O–H groups in total. The summed E-state index contributed by atoms with van der Waals surface area (Å²) in [5.41, 5.74) is 2.32. The first-order valence-electron chi connectivity index (χ1n) is 9.98. The van der Waals surface area contributed by atoms with Crippen LogP contribution in [-0.4, -0.2) is 42.2 Å². The van der Waals surface area contributed by atoms with E-state index in [0.29, 0.717) is 5.56 Å². The van der Waals surface area contributed by atoms with Crippen LogP contribution < -0.4 is 10.2 Å². The molecule has 3 heterocycles. The summed E-state index contributed by atoms with van der Waals surface area (Å²) < 4.78 is 6.48. The van der Waals surface area contributed by atoms with E-state index in [2.05, 4.69) is 15.2 Å². The van der Waals surface area contributed by atoms with Gasteiger partial charge in [0.25, 0.3) is 5.91 Å². The quantitative estimate of drug-likeness (QED) is 0.467. The molecule has 0 bridgehead atoms. The zero-order valence-corrected chi connectivity index (χ0v) is 18.3. The van der Waals surface area contributed by atoms with Gasteiger partial charge in [-0.3, -0.25) is 4.79 Å². The van der Waals surface area contributed by atoms with Gasteiger partial charge in [-0.1, -0.05) is 29.2 Å². The molecule has 1 fully saturated rings. The Bertz CT molecular complexity index is 1190. The van der Waals surface area contributed by atoms with Crippen LogP contribution >= 0.6 is 23.1 Å². The Hall–Kier alpha value is -2.94. The van der Waals surface area contributed by atoms with Gasteiger partial charge in [-0.05, 0) is 54.6 Å². The van der Waals surface area contributed by atoms with Crippen LogP contribution in [0.15, 0.2) is 76.8 Å². The molecule has 0 unspecified atom stereocenters. The first-order valence-corrected chi connectivity index (χ1v) is 11.6. The highest BCUT2D eigenvalue weighted by Gasteiger charge is 2.16. The van der Waals surface area contributed by atoms with Gasteiger partial charge in [0.15, 0.2) is 5.13 Å². The predicted molar refractivity (Wildman–Crippen MR) is 125 cm³/mol. The molecule has 1 aliphatic rings. The lowest BCUT2D eigenvalue weighted by Crippen LogP contribution is -2.36. The van der Waals surface area contributed by atoms with Crippen LogP contribution in [0.3, 0.4) is 0 Å². The summed E-state index contributed by atoms with van der Waals surface area (Å²) in [5, 5.41) is 4.92. The van der Waals surface area contributed by atoms with Crippen molar-refractivity contribution in [3.8, 4) is 0 Å². The maximum atomic E-state index is 12.7. The second-order valence-corrected chi connectivity index (χ2v) is 9.13. The van der Waals surface area contributed by atoms with Crippen molar-refractivity contribution in [3.05, 3.63) is 72.4 Å². The number of thiazole rings is 1. The van der Waals surface area contributed by atoms with E-state index in [1.807, 2.05) is 60.7 Å². The molecule has 31 heavy (non-hydrogen) atoms. The molecule has 1 aliphatic heterocycles. The lowest BCUT2D eigenvalue weighted by atomic mass is 10.2. The number of hydrogen-bond donors (Lipinski definition) is 1. The van der Waals surface area contributed by atoms with Crippen molar-refractivity contribution in [1.82, 2.24) is 9.97 Å². The maximum absolute atomic E-state index is 12.7. The van der Waals surface area contributed by atoms with Crippen molar-refractivity contribution in [1.29, 1.82) is 0 Å². The van der Waals surface area contributed by atoms with Crippen LogP contribution in [0.1, 0.15) is 10.4 Å². The van der Waals surface area contributed by atoms with Crippen molar-refractivity contribution in [2.45, 2.75) is 9.92 Å². The highest BCUT2D eigenvalue weighted by Crippen LogP contribution is 2.31. The summed E-state index contributed by atoms with van der Waals surface area (Å²) in [7, 11) is 0. The van der Waals surface area contributed by atoms with Crippen molar-refractivity contribution in [2.75, 3.05) is 36.5 Å². The maximum Gasteiger partial charge on any atom is 0.255 e. The molecule has 2 aromatic heterocycles. The number of benzene rings is 2. The summed E-state index contributed by atoms with van der Waals surface area (Å²) in [4.78, 5) is 25.0. The average Bonchev–Trinajstić information content (AvgIpc) is 3.24. The van der Waals surface area contributed by atoms with Crippen molar-refractivity contribution >= 4 is 50.0 Å². The number of fused-ring (bicyclic) bond motifs is 1. The standard InChI is InChI=1S/C23H20N4O2S2/c28-22(16-4-7-18(8-5-16)30-21-3-1-2-10-24-21)25-17-6-9-19-20(15-17)31-23(26-19)27-11-13-29-14-12-27/h1-10,15H,11-14H2,(H,25,28). The van der Waals surface area contributed by atoms with Crippen molar-refractivity contribution in [3.63, 3.8) is 0 Å².